The molecule has 148 valence electrons. The maximum atomic E-state index is 12.6. The van der Waals surface area contributed by atoms with Gasteiger partial charge in [0.15, 0.2) is 0 Å². The second kappa shape index (κ2) is 6.79. The van der Waals surface area contributed by atoms with E-state index in [0.717, 1.165) is 50.7 Å². The number of hydrogen-bond acceptors (Lipinski definition) is 4. The van der Waals surface area contributed by atoms with Gasteiger partial charge in [-0.05, 0) is 68.4 Å². The Labute approximate surface area is 162 Å². The van der Waals surface area contributed by atoms with Crippen molar-refractivity contribution in [2.24, 2.45) is 28.6 Å². The van der Waals surface area contributed by atoms with Crippen LogP contribution in [0.3, 0.4) is 0 Å². The minimum Gasteiger partial charge on any atom is -0.498 e. The molecule has 0 aromatic heterocycles. The first-order chi connectivity index (χ1) is 12.9. The maximum Gasteiger partial charge on any atom is 0.302 e. The first kappa shape index (κ1) is 18.8. The predicted octanol–water partition coefficient (Wildman–Crippen LogP) is 4.59. The highest BCUT2D eigenvalue weighted by atomic mass is 16.5. The second-order valence-corrected chi connectivity index (χ2v) is 9.17. The number of rotatable bonds is 4. The Balaban J connectivity index is 1.70. The average Bonchev–Trinajstić information content (AvgIpc) is 2.95. The number of Topliss-reactive ketones (excluding diaryl/α,β-unsaturated/α-hetero) is 1. The van der Waals surface area contributed by atoms with E-state index in [9.17, 15) is 9.59 Å². The second-order valence-electron chi connectivity index (χ2n) is 9.17. The van der Waals surface area contributed by atoms with Crippen molar-refractivity contribution in [3.8, 4) is 0 Å². The van der Waals surface area contributed by atoms with Crippen LogP contribution in [0.4, 0.5) is 0 Å². The molecule has 4 aliphatic rings. The summed E-state index contributed by atoms with van der Waals surface area (Å²) in [5.41, 5.74) is 1.06. The van der Waals surface area contributed by atoms with Gasteiger partial charge in [0.25, 0.3) is 0 Å². The maximum absolute atomic E-state index is 12.6. The van der Waals surface area contributed by atoms with Gasteiger partial charge >= 0.3 is 5.97 Å². The van der Waals surface area contributed by atoms with Crippen molar-refractivity contribution in [1.82, 2.24) is 0 Å². The number of ether oxygens (including phenoxy) is 2. The van der Waals surface area contributed by atoms with Crippen molar-refractivity contribution in [3.63, 3.8) is 0 Å². The summed E-state index contributed by atoms with van der Waals surface area (Å²) in [5.74, 6) is 2.81. The number of fused-ring (bicyclic) bond motifs is 5. The Hall–Kier alpha value is -1.58. The smallest absolute Gasteiger partial charge is 0.302 e. The molecule has 2 saturated carbocycles. The molecule has 0 aromatic carbocycles. The third kappa shape index (κ3) is 2.87. The van der Waals surface area contributed by atoms with Crippen LogP contribution < -0.4 is 0 Å². The van der Waals surface area contributed by atoms with Gasteiger partial charge in [-0.25, -0.2) is 0 Å². The number of allylic oxidation sites excluding steroid dienone is 3. The predicted molar refractivity (Wildman–Crippen MR) is 103 cm³/mol. The average molecular weight is 373 g/mol. The SMILES string of the molecule is CCOC1=CC2=CCC3C4CCC(=O)C4(C)CCC3C2(COC(C)=O)CC1. The third-order valence-electron chi connectivity index (χ3n) is 8.04. The molecule has 5 unspecified atom stereocenters. The Morgan fingerprint density at radius 1 is 1.22 bits per heavy atom. The summed E-state index contributed by atoms with van der Waals surface area (Å²) in [6.07, 6.45) is 11.3. The normalized spacial score (nSPS) is 40.3. The zero-order valence-electron chi connectivity index (χ0n) is 16.9. The van der Waals surface area contributed by atoms with E-state index in [1.54, 1.807) is 0 Å². The number of carbonyl (C=O) groups is 2. The zero-order valence-corrected chi connectivity index (χ0v) is 16.9. The third-order valence-corrected chi connectivity index (χ3v) is 8.04. The summed E-state index contributed by atoms with van der Waals surface area (Å²) in [4.78, 5) is 24.2. The molecule has 5 atom stereocenters. The fourth-order valence-corrected chi connectivity index (χ4v) is 6.67. The number of carbonyl (C=O) groups excluding carboxylic acids is 2. The molecule has 0 aliphatic heterocycles. The first-order valence-electron chi connectivity index (χ1n) is 10.6. The largest absolute Gasteiger partial charge is 0.498 e. The van der Waals surface area contributed by atoms with Gasteiger partial charge in [0.1, 0.15) is 12.4 Å². The van der Waals surface area contributed by atoms with Gasteiger partial charge in [-0.1, -0.05) is 13.0 Å². The molecule has 4 aliphatic carbocycles. The summed E-state index contributed by atoms with van der Waals surface area (Å²) in [6.45, 7) is 6.87. The summed E-state index contributed by atoms with van der Waals surface area (Å²) in [6, 6.07) is 0. The molecule has 0 saturated heterocycles. The molecule has 4 heteroatoms. The molecule has 4 rings (SSSR count). The molecule has 2 fully saturated rings. The molecular formula is C23H32O4. The van der Waals surface area contributed by atoms with Crippen molar-refractivity contribution in [2.75, 3.05) is 13.2 Å². The molecule has 27 heavy (non-hydrogen) atoms. The van der Waals surface area contributed by atoms with Crippen molar-refractivity contribution < 1.29 is 19.1 Å². The summed E-state index contributed by atoms with van der Waals surface area (Å²) in [5, 5.41) is 0. The Morgan fingerprint density at radius 2 is 2.04 bits per heavy atom. The highest BCUT2D eigenvalue weighted by molar-refractivity contribution is 5.87. The molecule has 0 spiro atoms. The fourth-order valence-electron chi connectivity index (χ4n) is 6.67. The summed E-state index contributed by atoms with van der Waals surface area (Å²) >= 11 is 0. The number of ketones is 1. The highest BCUT2D eigenvalue weighted by Gasteiger charge is 2.59. The number of hydrogen-bond donors (Lipinski definition) is 0. The lowest BCUT2D eigenvalue weighted by Gasteiger charge is -2.56. The van der Waals surface area contributed by atoms with E-state index in [0.29, 0.717) is 36.8 Å². The van der Waals surface area contributed by atoms with E-state index in [2.05, 4.69) is 19.1 Å². The molecule has 4 nitrogen and oxygen atoms in total. The van der Waals surface area contributed by atoms with E-state index in [1.807, 2.05) is 6.92 Å². The lowest BCUT2D eigenvalue weighted by Crippen LogP contribution is -2.52. The van der Waals surface area contributed by atoms with Crippen LogP contribution in [0.5, 0.6) is 0 Å². The van der Waals surface area contributed by atoms with E-state index in [4.69, 9.17) is 9.47 Å². The van der Waals surface area contributed by atoms with Gasteiger partial charge < -0.3 is 9.47 Å². The lowest BCUT2D eigenvalue weighted by molar-refractivity contribution is -0.148. The lowest BCUT2D eigenvalue weighted by atomic mass is 9.48. The van der Waals surface area contributed by atoms with Gasteiger partial charge in [0, 0.05) is 30.6 Å². The van der Waals surface area contributed by atoms with E-state index in [1.165, 1.54) is 12.5 Å². The van der Waals surface area contributed by atoms with Gasteiger partial charge in [0.2, 0.25) is 0 Å². The molecular weight excluding hydrogens is 340 g/mol. The van der Waals surface area contributed by atoms with E-state index < -0.39 is 0 Å². The summed E-state index contributed by atoms with van der Waals surface area (Å²) < 4.78 is 11.4. The van der Waals surface area contributed by atoms with Gasteiger partial charge in [0.05, 0.1) is 12.4 Å². The quantitative estimate of drug-likeness (QED) is 0.677. The molecule has 0 heterocycles. The van der Waals surface area contributed by atoms with Crippen LogP contribution in [0.2, 0.25) is 0 Å². The fraction of sp³-hybridized carbons (Fsp3) is 0.739. The molecule has 0 aromatic rings. The van der Waals surface area contributed by atoms with Gasteiger partial charge in [-0.3, -0.25) is 9.59 Å². The van der Waals surface area contributed by atoms with Crippen molar-refractivity contribution >= 4 is 11.8 Å². The molecule has 0 N–H and O–H groups in total. The topological polar surface area (TPSA) is 52.6 Å². The zero-order chi connectivity index (χ0) is 19.2. The highest BCUT2D eigenvalue weighted by Crippen LogP contribution is 2.63. The van der Waals surface area contributed by atoms with E-state index in [-0.39, 0.29) is 16.8 Å². The molecule has 0 radical (unpaired) electrons. The van der Waals surface area contributed by atoms with Crippen molar-refractivity contribution in [2.45, 2.75) is 65.7 Å². The van der Waals surface area contributed by atoms with Crippen molar-refractivity contribution in [1.29, 1.82) is 0 Å². The summed E-state index contributed by atoms with van der Waals surface area (Å²) in [7, 11) is 0. The van der Waals surface area contributed by atoms with Crippen LogP contribution in [0, 0.1) is 28.6 Å². The Morgan fingerprint density at radius 3 is 2.78 bits per heavy atom. The number of esters is 1. The van der Waals surface area contributed by atoms with E-state index >= 15 is 0 Å². The Kier molecular flexibility index (Phi) is 4.72. The van der Waals surface area contributed by atoms with Crippen LogP contribution in [-0.4, -0.2) is 25.0 Å². The molecule has 0 amide bonds. The molecule has 0 bridgehead atoms. The van der Waals surface area contributed by atoms with Crippen LogP contribution in [0.15, 0.2) is 23.5 Å². The standard InChI is InChI=1S/C23H32O4/c1-4-26-17-9-12-23(14-27-15(2)24)16(13-17)5-6-18-19-7-8-21(25)22(19,3)11-10-20(18)23/h5,13,18-20H,4,6-12,14H2,1-3H3. The minimum absolute atomic E-state index is 0.109. The minimum atomic E-state index is -0.206. The van der Waals surface area contributed by atoms with Crippen molar-refractivity contribution in [3.05, 3.63) is 23.5 Å². The van der Waals surface area contributed by atoms with Crippen LogP contribution >= 0.6 is 0 Å². The first-order valence-corrected chi connectivity index (χ1v) is 10.6. The van der Waals surface area contributed by atoms with Gasteiger partial charge in [-0.2, -0.15) is 0 Å². The van der Waals surface area contributed by atoms with Crippen LogP contribution in [-0.2, 0) is 19.1 Å². The monoisotopic (exact) mass is 372 g/mol. The van der Waals surface area contributed by atoms with Crippen LogP contribution in [0.1, 0.15) is 65.7 Å². The van der Waals surface area contributed by atoms with Gasteiger partial charge in [-0.15, -0.1) is 0 Å². The van der Waals surface area contributed by atoms with Crippen LogP contribution in [0.25, 0.3) is 0 Å². The Bertz CT molecular complexity index is 705.